The van der Waals surface area contributed by atoms with Crippen molar-refractivity contribution in [3.63, 3.8) is 0 Å². The third-order valence-corrected chi connectivity index (χ3v) is 2.40. The van der Waals surface area contributed by atoms with Crippen molar-refractivity contribution in [1.29, 1.82) is 15.8 Å². The molecule has 1 aromatic heterocycles. The quantitative estimate of drug-likeness (QED) is 0.826. The Balaban J connectivity index is 2.70. The van der Waals surface area contributed by atoms with Gasteiger partial charge in [0.15, 0.2) is 11.4 Å². The highest BCUT2D eigenvalue weighted by Gasteiger charge is 2.13. The van der Waals surface area contributed by atoms with Crippen molar-refractivity contribution < 1.29 is 0 Å². The van der Waals surface area contributed by atoms with Gasteiger partial charge in [-0.2, -0.15) is 15.8 Å². The molecule has 0 bridgehead atoms. The van der Waals surface area contributed by atoms with Crippen molar-refractivity contribution in [3.05, 3.63) is 17.7 Å². The molecule has 0 saturated carbocycles. The Hall–Kier alpha value is -2.36. The molecule has 1 heterocycles. The van der Waals surface area contributed by atoms with Gasteiger partial charge in [0.05, 0.1) is 18.4 Å². The number of hydrogen-bond acceptors (Lipinski definition) is 5. The van der Waals surface area contributed by atoms with Crippen LogP contribution in [0.5, 0.6) is 0 Å². The number of nitrogens with one attached hydrogen (secondary N) is 1. The van der Waals surface area contributed by atoms with Crippen molar-refractivity contribution in [3.8, 4) is 18.2 Å². The van der Waals surface area contributed by atoms with Crippen molar-refractivity contribution in [2.45, 2.75) is 38.9 Å². The van der Waals surface area contributed by atoms with Crippen molar-refractivity contribution in [2.75, 3.05) is 0 Å². The molecule has 0 radical (unpaired) electrons. The average molecular weight is 242 g/mol. The van der Waals surface area contributed by atoms with Crippen LogP contribution in [-0.2, 0) is 6.54 Å². The first-order chi connectivity index (χ1) is 8.62. The summed E-state index contributed by atoms with van der Waals surface area (Å²) < 4.78 is 1.60. The van der Waals surface area contributed by atoms with Crippen LogP contribution in [0.3, 0.4) is 0 Å². The maximum Gasteiger partial charge on any atom is 0.176 e. The van der Waals surface area contributed by atoms with Crippen LogP contribution in [-0.4, -0.2) is 21.6 Å². The third-order valence-electron chi connectivity index (χ3n) is 2.40. The Kier molecular flexibility index (Phi) is 4.87. The van der Waals surface area contributed by atoms with Crippen LogP contribution in [0, 0.1) is 34.0 Å². The molecule has 0 aliphatic carbocycles. The summed E-state index contributed by atoms with van der Waals surface area (Å²) in [5.41, 5.74) is 0.376. The van der Waals surface area contributed by atoms with E-state index in [9.17, 15) is 0 Å². The van der Waals surface area contributed by atoms with Gasteiger partial charge in [-0.3, -0.25) is 5.32 Å². The second-order valence-corrected chi connectivity index (χ2v) is 4.15. The number of aromatic nitrogens is 2. The van der Waals surface area contributed by atoms with Gasteiger partial charge >= 0.3 is 0 Å². The van der Waals surface area contributed by atoms with Gasteiger partial charge in [0.2, 0.25) is 0 Å². The zero-order valence-electron chi connectivity index (χ0n) is 10.4. The van der Waals surface area contributed by atoms with Crippen molar-refractivity contribution in [2.24, 2.45) is 0 Å². The summed E-state index contributed by atoms with van der Waals surface area (Å²) >= 11 is 0. The highest BCUT2D eigenvalue weighted by molar-refractivity contribution is 5.35. The van der Waals surface area contributed by atoms with E-state index in [-0.39, 0.29) is 23.5 Å². The monoisotopic (exact) mass is 242 g/mol. The van der Waals surface area contributed by atoms with E-state index in [4.69, 9.17) is 15.8 Å². The lowest BCUT2D eigenvalue weighted by Gasteiger charge is -2.14. The zero-order chi connectivity index (χ0) is 13.5. The molecule has 0 saturated heterocycles. The van der Waals surface area contributed by atoms with Gasteiger partial charge in [0, 0.05) is 12.6 Å². The van der Waals surface area contributed by atoms with Gasteiger partial charge < -0.3 is 4.57 Å². The summed E-state index contributed by atoms with van der Waals surface area (Å²) in [6.07, 6.45) is 2.02. The lowest BCUT2D eigenvalue weighted by molar-refractivity contribution is 0.475. The Labute approximate surface area is 106 Å². The van der Waals surface area contributed by atoms with Crippen LogP contribution in [0.15, 0.2) is 6.33 Å². The first-order valence-corrected chi connectivity index (χ1v) is 5.63. The molecule has 92 valence electrons. The summed E-state index contributed by atoms with van der Waals surface area (Å²) in [7, 11) is 0. The van der Waals surface area contributed by atoms with Gasteiger partial charge in [-0.1, -0.05) is 0 Å². The topological polar surface area (TPSA) is 101 Å². The molecular weight excluding hydrogens is 228 g/mol. The molecular formula is C12H14N6. The fourth-order valence-electron chi connectivity index (χ4n) is 1.61. The molecule has 1 rings (SSSR count). The largest absolute Gasteiger partial charge is 0.321 e. The zero-order valence-corrected chi connectivity index (χ0v) is 10.4. The second kappa shape index (κ2) is 6.39. The van der Waals surface area contributed by atoms with E-state index in [2.05, 4.69) is 16.4 Å². The van der Waals surface area contributed by atoms with E-state index in [0.717, 1.165) is 0 Å². The molecule has 1 atom stereocenters. The van der Waals surface area contributed by atoms with Gasteiger partial charge in [-0.05, 0) is 20.3 Å². The third kappa shape index (κ3) is 3.31. The number of imidazole rings is 1. The second-order valence-electron chi connectivity index (χ2n) is 4.15. The van der Waals surface area contributed by atoms with Crippen LogP contribution in [0.25, 0.3) is 0 Å². The van der Waals surface area contributed by atoms with Crippen LogP contribution >= 0.6 is 0 Å². The van der Waals surface area contributed by atoms with Gasteiger partial charge in [-0.15, -0.1) is 0 Å². The van der Waals surface area contributed by atoms with Crippen LogP contribution < -0.4 is 5.32 Å². The van der Waals surface area contributed by atoms with Gasteiger partial charge in [0.25, 0.3) is 0 Å². The van der Waals surface area contributed by atoms with E-state index in [1.54, 1.807) is 4.57 Å². The molecule has 6 nitrogen and oxygen atoms in total. The summed E-state index contributed by atoms with van der Waals surface area (Å²) in [4.78, 5) is 3.85. The molecule has 1 unspecified atom stereocenters. The minimum Gasteiger partial charge on any atom is -0.321 e. The predicted octanol–water partition coefficient (Wildman–Crippen LogP) is 0.907. The van der Waals surface area contributed by atoms with E-state index in [1.165, 1.54) is 6.33 Å². The molecule has 0 fully saturated rings. The van der Waals surface area contributed by atoms with E-state index < -0.39 is 0 Å². The molecule has 1 N–H and O–H groups in total. The number of aryl methyl sites for hydroxylation is 1. The van der Waals surface area contributed by atoms with Crippen molar-refractivity contribution in [1.82, 2.24) is 14.9 Å². The smallest absolute Gasteiger partial charge is 0.176 e. The van der Waals surface area contributed by atoms with Crippen molar-refractivity contribution >= 4 is 0 Å². The van der Waals surface area contributed by atoms with Crippen LogP contribution in [0.4, 0.5) is 0 Å². The fourth-order valence-corrected chi connectivity index (χ4v) is 1.61. The molecule has 0 spiro atoms. The molecule has 0 amide bonds. The molecule has 0 aliphatic heterocycles. The highest BCUT2D eigenvalue weighted by Crippen LogP contribution is 2.07. The molecule has 6 heteroatoms. The summed E-state index contributed by atoms with van der Waals surface area (Å²) in [5.74, 6) is 0. The lowest BCUT2D eigenvalue weighted by Crippen LogP contribution is -2.34. The first kappa shape index (κ1) is 13.7. The number of hydrogen-bond donors (Lipinski definition) is 1. The Morgan fingerprint density at radius 1 is 1.33 bits per heavy atom. The first-order valence-electron chi connectivity index (χ1n) is 5.63. The standard InChI is InChI=1S/C12H14N6/c1-9(2)17-10(5-13)3-4-18-8-16-11(6-14)12(18)7-15/h8-10,17H,3-4H2,1-2H3. The Bertz CT molecular complexity index is 522. The fraction of sp³-hybridized carbons (Fsp3) is 0.500. The molecule has 0 aliphatic rings. The number of rotatable bonds is 5. The normalized spacial score (nSPS) is 11.6. The summed E-state index contributed by atoms with van der Waals surface area (Å²) in [6.45, 7) is 4.42. The SMILES string of the molecule is CC(C)NC(C#N)CCn1cnc(C#N)c1C#N. The Morgan fingerprint density at radius 3 is 2.56 bits per heavy atom. The highest BCUT2D eigenvalue weighted by atomic mass is 15.1. The van der Waals surface area contributed by atoms with Crippen LogP contribution in [0.1, 0.15) is 31.7 Å². The van der Waals surface area contributed by atoms with E-state index >= 15 is 0 Å². The van der Waals surface area contributed by atoms with E-state index in [1.807, 2.05) is 26.0 Å². The lowest BCUT2D eigenvalue weighted by atomic mass is 10.2. The average Bonchev–Trinajstić information content (AvgIpc) is 2.75. The minimum absolute atomic E-state index is 0.128. The molecule has 0 aromatic carbocycles. The maximum absolute atomic E-state index is 8.98. The molecule has 1 aromatic rings. The summed E-state index contributed by atoms with van der Waals surface area (Å²) in [5, 5.41) is 29.8. The van der Waals surface area contributed by atoms with Crippen LogP contribution in [0.2, 0.25) is 0 Å². The number of nitrogens with zero attached hydrogens (tertiary/aromatic N) is 5. The summed E-state index contributed by atoms with van der Waals surface area (Å²) in [6, 6.07) is 5.94. The predicted molar refractivity (Wildman–Crippen MR) is 63.9 cm³/mol. The number of nitriles is 3. The Morgan fingerprint density at radius 2 is 2.06 bits per heavy atom. The molecule has 18 heavy (non-hydrogen) atoms. The minimum atomic E-state index is -0.274. The van der Waals surface area contributed by atoms with Gasteiger partial charge in [0.1, 0.15) is 12.1 Å². The van der Waals surface area contributed by atoms with Gasteiger partial charge in [-0.25, -0.2) is 4.98 Å². The van der Waals surface area contributed by atoms with E-state index in [0.29, 0.717) is 13.0 Å². The maximum atomic E-state index is 8.98.